The van der Waals surface area contributed by atoms with Gasteiger partial charge >= 0.3 is 5.97 Å². The first-order chi connectivity index (χ1) is 7.27. The number of methoxy groups -OCH3 is 1. The Morgan fingerprint density at radius 3 is 2.87 bits per heavy atom. The first-order valence-electron chi connectivity index (χ1n) is 4.41. The van der Waals surface area contributed by atoms with E-state index in [4.69, 9.17) is 0 Å². The molecular formula is C11H9NO3. The molecule has 0 amide bonds. The van der Waals surface area contributed by atoms with Crippen LogP contribution in [-0.2, 0) is 4.74 Å². The smallest absolute Gasteiger partial charge is 0.339 e. The Morgan fingerprint density at radius 1 is 1.40 bits per heavy atom. The van der Waals surface area contributed by atoms with Crippen molar-refractivity contribution in [3.05, 3.63) is 41.7 Å². The molecule has 0 radical (unpaired) electrons. The maximum atomic E-state index is 11.4. The highest BCUT2D eigenvalue weighted by Crippen LogP contribution is 2.14. The molecule has 76 valence electrons. The lowest BCUT2D eigenvalue weighted by Gasteiger charge is -2.04. The third-order valence-electron chi connectivity index (χ3n) is 2.25. The van der Waals surface area contributed by atoms with Crippen molar-refractivity contribution >= 4 is 17.8 Å². The molecule has 0 aliphatic heterocycles. The zero-order chi connectivity index (χ0) is 10.8. The van der Waals surface area contributed by atoms with Crippen molar-refractivity contribution < 1.29 is 14.3 Å². The van der Waals surface area contributed by atoms with Crippen LogP contribution in [0, 0.1) is 0 Å². The lowest BCUT2D eigenvalue weighted by molar-refractivity contribution is 0.0602. The Balaban J connectivity index is 2.73. The van der Waals surface area contributed by atoms with Gasteiger partial charge in [-0.25, -0.2) is 4.79 Å². The molecule has 0 saturated heterocycles. The topological polar surface area (TPSA) is 47.8 Å². The average molecular weight is 203 g/mol. The van der Waals surface area contributed by atoms with E-state index in [1.54, 1.807) is 34.9 Å². The number of nitrogens with zero attached hydrogens (tertiary/aromatic N) is 1. The number of carbonyl (C=O) groups is 2. The highest BCUT2D eigenvalue weighted by Gasteiger charge is 2.11. The molecule has 0 N–H and O–H groups in total. The quantitative estimate of drug-likeness (QED) is 0.549. The molecule has 2 aromatic heterocycles. The minimum atomic E-state index is -0.406. The molecule has 0 bridgehead atoms. The monoisotopic (exact) mass is 203 g/mol. The second-order valence-corrected chi connectivity index (χ2v) is 3.04. The van der Waals surface area contributed by atoms with Crippen molar-refractivity contribution in [2.24, 2.45) is 0 Å². The van der Waals surface area contributed by atoms with Crippen LogP contribution >= 0.6 is 0 Å². The van der Waals surface area contributed by atoms with Crippen molar-refractivity contribution in [3.63, 3.8) is 0 Å². The van der Waals surface area contributed by atoms with Crippen LogP contribution in [-0.4, -0.2) is 23.8 Å². The first-order valence-corrected chi connectivity index (χ1v) is 4.41. The highest BCUT2D eigenvalue weighted by atomic mass is 16.5. The Kier molecular flexibility index (Phi) is 2.25. The third-order valence-corrected chi connectivity index (χ3v) is 2.25. The van der Waals surface area contributed by atoms with E-state index in [2.05, 4.69) is 4.74 Å². The van der Waals surface area contributed by atoms with Gasteiger partial charge in [-0.15, -0.1) is 0 Å². The zero-order valence-electron chi connectivity index (χ0n) is 8.14. The number of hydrogen-bond acceptors (Lipinski definition) is 3. The predicted molar refractivity (Wildman–Crippen MR) is 54.1 cm³/mol. The minimum Gasteiger partial charge on any atom is -0.465 e. The third kappa shape index (κ3) is 1.40. The summed E-state index contributed by atoms with van der Waals surface area (Å²) in [5.74, 6) is -0.406. The number of hydrogen-bond donors (Lipinski definition) is 0. The molecule has 0 spiro atoms. The summed E-state index contributed by atoms with van der Waals surface area (Å²) in [6.45, 7) is 0. The van der Waals surface area contributed by atoms with E-state index in [-0.39, 0.29) is 0 Å². The molecule has 4 nitrogen and oxygen atoms in total. The Labute approximate surface area is 86.1 Å². The fourth-order valence-electron chi connectivity index (χ4n) is 1.54. The Bertz CT molecular complexity index is 528. The van der Waals surface area contributed by atoms with Crippen LogP contribution in [0.25, 0.3) is 5.52 Å². The Morgan fingerprint density at radius 2 is 2.20 bits per heavy atom. The normalized spacial score (nSPS) is 10.2. The van der Waals surface area contributed by atoms with Crippen LogP contribution in [0.3, 0.4) is 0 Å². The standard InChI is InChI=1S/C11H9NO3/c1-15-11(14)9-5-4-8(7-13)12-6-2-3-10(9)12/h2-7H,1H3. The van der Waals surface area contributed by atoms with Crippen LogP contribution in [0.5, 0.6) is 0 Å². The average Bonchev–Trinajstić information content (AvgIpc) is 2.75. The van der Waals surface area contributed by atoms with Crippen molar-refractivity contribution in [2.45, 2.75) is 0 Å². The summed E-state index contributed by atoms with van der Waals surface area (Å²) in [4.78, 5) is 22.1. The van der Waals surface area contributed by atoms with Crippen molar-refractivity contribution in [3.8, 4) is 0 Å². The fraction of sp³-hybridized carbons (Fsp3) is 0.0909. The van der Waals surface area contributed by atoms with E-state index >= 15 is 0 Å². The maximum absolute atomic E-state index is 11.4. The maximum Gasteiger partial charge on any atom is 0.339 e. The highest BCUT2D eigenvalue weighted by molar-refractivity contribution is 5.97. The molecule has 4 heteroatoms. The van der Waals surface area contributed by atoms with E-state index in [1.807, 2.05) is 0 Å². The van der Waals surface area contributed by atoms with Gasteiger partial charge in [0.05, 0.1) is 23.9 Å². The van der Waals surface area contributed by atoms with Crippen LogP contribution in [0.2, 0.25) is 0 Å². The van der Waals surface area contributed by atoms with Crippen molar-refractivity contribution in [1.29, 1.82) is 0 Å². The van der Waals surface area contributed by atoms with Gasteiger partial charge in [-0.2, -0.15) is 0 Å². The van der Waals surface area contributed by atoms with Gasteiger partial charge in [0.25, 0.3) is 0 Å². The number of fused-ring (bicyclic) bond motifs is 1. The predicted octanol–water partition coefficient (Wildman–Crippen LogP) is 1.54. The Hall–Kier alpha value is -2.10. The number of aromatic nitrogens is 1. The van der Waals surface area contributed by atoms with Gasteiger partial charge in [-0.05, 0) is 24.3 Å². The summed E-state index contributed by atoms with van der Waals surface area (Å²) in [6, 6.07) is 6.71. The molecule has 0 atom stereocenters. The van der Waals surface area contributed by atoms with Crippen LogP contribution in [0.4, 0.5) is 0 Å². The lowest BCUT2D eigenvalue weighted by atomic mass is 10.2. The number of pyridine rings is 1. The zero-order valence-corrected chi connectivity index (χ0v) is 8.14. The SMILES string of the molecule is COC(=O)c1ccc(C=O)n2cccc12. The second kappa shape index (κ2) is 3.57. The summed E-state index contributed by atoms with van der Waals surface area (Å²) >= 11 is 0. The summed E-state index contributed by atoms with van der Waals surface area (Å²) in [5, 5.41) is 0. The molecule has 0 saturated carbocycles. The van der Waals surface area contributed by atoms with Crippen LogP contribution in [0.1, 0.15) is 20.8 Å². The molecule has 0 aliphatic carbocycles. The second-order valence-electron chi connectivity index (χ2n) is 3.04. The number of ether oxygens (including phenoxy) is 1. The van der Waals surface area contributed by atoms with Gasteiger partial charge < -0.3 is 9.14 Å². The molecule has 0 aliphatic rings. The van der Waals surface area contributed by atoms with Gasteiger partial charge in [-0.3, -0.25) is 4.79 Å². The summed E-state index contributed by atoms with van der Waals surface area (Å²) in [5.41, 5.74) is 1.63. The lowest BCUT2D eigenvalue weighted by Crippen LogP contribution is -2.05. The summed E-state index contributed by atoms with van der Waals surface area (Å²) in [7, 11) is 1.33. The van der Waals surface area contributed by atoms with Crippen molar-refractivity contribution in [2.75, 3.05) is 7.11 Å². The van der Waals surface area contributed by atoms with Gasteiger partial charge in [0.1, 0.15) is 0 Å². The molecule has 0 unspecified atom stereocenters. The number of aldehydes is 1. The van der Waals surface area contributed by atoms with Gasteiger partial charge in [0.15, 0.2) is 6.29 Å². The van der Waals surface area contributed by atoms with E-state index in [9.17, 15) is 9.59 Å². The molecular weight excluding hydrogens is 194 g/mol. The van der Waals surface area contributed by atoms with Crippen molar-refractivity contribution in [1.82, 2.24) is 4.40 Å². The summed E-state index contributed by atoms with van der Waals surface area (Å²) < 4.78 is 6.30. The van der Waals surface area contributed by atoms with E-state index in [0.717, 1.165) is 6.29 Å². The van der Waals surface area contributed by atoms with Gasteiger partial charge in [0.2, 0.25) is 0 Å². The molecule has 0 aromatic carbocycles. The van der Waals surface area contributed by atoms with E-state index in [0.29, 0.717) is 16.8 Å². The molecule has 2 aromatic rings. The number of esters is 1. The number of carbonyl (C=O) groups excluding carboxylic acids is 2. The van der Waals surface area contributed by atoms with E-state index < -0.39 is 5.97 Å². The summed E-state index contributed by atoms with van der Waals surface area (Å²) in [6.07, 6.45) is 2.47. The fourth-order valence-corrected chi connectivity index (χ4v) is 1.54. The number of rotatable bonds is 2. The molecule has 2 rings (SSSR count). The van der Waals surface area contributed by atoms with E-state index in [1.165, 1.54) is 7.11 Å². The molecule has 2 heterocycles. The largest absolute Gasteiger partial charge is 0.465 e. The van der Waals surface area contributed by atoms with Crippen LogP contribution < -0.4 is 0 Å². The van der Waals surface area contributed by atoms with Gasteiger partial charge in [0, 0.05) is 6.20 Å². The van der Waals surface area contributed by atoms with Gasteiger partial charge in [-0.1, -0.05) is 0 Å². The minimum absolute atomic E-state index is 0.406. The molecule has 0 fully saturated rings. The van der Waals surface area contributed by atoms with Crippen LogP contribution in [0.15, 0.2) is 30.5 Å². The molecule has 15 heavy (non-hydrogen) atoms. The first kappa shape index (κ1) is 9.45.